The Kier molecular flexibility index (Phi) is 3.97. The van der Waals surface area contributed by atoms with Crippen molar-refractivity contribution in [2.75, 3.05) is 25.1 Å². The summed E-state index contributed by atoms with van der Waals surface area (Å²) >= 11 is 0. The van der Waals surface area contributed by atoms with Gasteiger partial charge in [0.25, 0.3) is 0 Å². The lowest BCUT2D eigenvalue weighted by Crippen LogP contribution is -2.42. The average molecular weight is 261 g/mol. The van der Waals surface area contributed by atoms with Crippen LogP contribution in [-0.4, -0.2) is 35.8 Å². The van der Waals surface area contributed by atoms with Crippen LogP contribution in [0.5, 0.6) is 0 Å². The number of anilines is 1. The number of nitrogens with one attached hydrogen (secondary N) is 1. The summed E-state index contributed by atoms with van der Waals surface area (Å²) in [6, 6.07) is 3.65. The van der Waals surface area contributed by atoms with Gasteiger partial charge in [0.05, 0.1) is 22.9 Å². The molecule has 6 nitrogen and oxygen atoms in total. The number of hydrogen-bond acceptors (Lipinski definition) is 5. The van der Waals surface area contributed by atoms with Crippen molar-refractivity contribution < 1.29 is 14.6 Å². The zero-order valence-corrected chi connectivity index (χ0v) is 10.4. The highest BCUT2D eigenvalue weighted by atomic mass is 16.5. The molecule has 0 unspecified atom stereocenters. The number of nitrogens with zero attached hydrogens (tertiary/aromatic N) is 2. The van der Waals surface area contributed by atoms with Crippen LogP contribution in [0.2, 0.25) is 0 Å². The Morgan fingerprint density at radius 1 is 1.58 bits per heavy atom. The van der Waals surface area contributed by atoms with Gasteiger partial charge in [-0.3, -0.25) is 9.78 Å². The van der Waals surface area contributed by atoms with Gasteiger partial charge in [-0.15, -0.1) is 0 Å². The van der Waals surface area contributed by atoms with Gasteiger partial charge in [-0.25, -0.2) is 0 Å². The van der Waals surface area contributed by atoms with Gasteiger partial charge in [0.1, 0.15) is 6.07 Å². The average Bonchev–Trinajstić information content (AvgIpc) is 2.46. The van der Waals surface area contributed by atoms with Gasteiger partial charge >= 0.3 is 5.97 Å². The largest absolute Gasteiger partial charge is 0.481 e. The molecule has 2 rings (SSSR count). The summed E-state index contributed by atoms with van der Waals surface area (Å²) in [6.45, 7) is 1.17. The van der Waals surface area contributed by atoms with E-state index in [9.17, 15) is 9.90 Å². The van der Waals surface area contributed by atoms with E-state index >= 15 is 0 Å². The van der Waals surface area contributed by atoms with E-state index in [4.69, 9.17) is 10.00 Å². The molecule has 0 atom stereocenters. The van der Waals surface area contributed by atoms with Crippen molar-refractivity contribution in [3.05, 3.63) is 24.0 Å². The Labute approximate surface area is 111 Å². The zero-order chi connectivity index (χ0) is 13.7. The molecule has 19 heavy (non-hydrogen) atoms. The maximum atomic E-state index is 11.5. The molecule has 0 bridgehead atoms. The second-order valence-corrected chi connectivity index (χ2v) is 4.58. The molecule has 1 fully saturated rings. The van der Waals surface area contributed by atoms with Crippen LogP contribution < -0.4 is 5.32 Å². The van der Waals surface area contributed by atoms with Gasteiger partial charge in [-0.2, -0.15) is 5.26 Å². The molecule has 1 aliphatic heterocycles. The summed E-state index contributed by atoms with van der Waals surface area (Å²) < 4.78 is 5.22. The van der Waals surface area contributed by atoms with E-state index in [2.05, 4.69) is 16.4 Å². The second kappa shape index (κ2) is 5.67. The van der Waals surface area contributed by atoms with E-state index in [-0.39, 0.29) is 6.54 Å². The minimum atomic E-state index is -0.833. The lowest BCUT2D eigenvalue weighted by atomic mass is 9.80. The molecule has 2 N–H and O–H groups in total. The van der Waals surface area contributed by atoms with Crippen molar-refractivity contribution in [3.8, 4) is 6.07 Å². The minimum Gasteiger partial charge on any atom is -0.481 e. The predicted molar refractivity (Wildman–Crippen MR) is 67.6 cm³/mol. The first kappa shape index (κ1) is 13.3. The van der Waals surface area contributed by atoms with Crippen molar-refractivity contribution >= 4 is 11.7 Å². The normalized spacial score (nSPS) is 17.4. The van der Waals surface area contributed by atoms with Gasteiger partial charge in [0, 0.05) is 26.0 Å². The molecule has 6 heteroatoms. The van der Waals surface area contributed by atoms with Gasteiger partial charge < -0.3 is 15.2 Å². The molecule has 0 saturated carbocycles. The number of ether oxygens (including phenoxy) is 1. The third-order valence-corrected chi connectivity index (χ3v) is 3.46. The van der Waals surface area contributed by atoms with Crippen LogP contribution in [0.1, 0.15) is 18.4 Å². The molecular formula is C13H15N3O3. The SMILES string of the molecule is N#Cc1ccncc1NCC1(C(=O)O)CCOCC1. The Hall–Kier alpha value is -2.13. The van der Waals surface area contributed by atoms with Gasteiger partial charge in [0.15, 0.2) is 0 Å². The third kappa shape index (κ3) is 2.83. The molecule has 0 amide bonds. The molecule has 2 heterocycles. The number of rotatable bonds is 4. The van der Waals surface area contributed by atoms with E-state index in [0.29, 0.717) is 37.3 Å². The Balaban J connectivity index is 2.11. The van der Waals surface area contributed by atoms with Crippen LogP contribution in [0.15, 0.2) is 18.5 Å². The van der Waals surface area contributed by atoms with Crippen molar-refractivity contribution in [3.63, 3.8) is 0 Å². The monoisotopic (exact) mass is 261 g/mol. The molecule has 0 radical (unpaired) electrons. The van der Waals surface area contributed by atoms with Crippen molar-refractivity contribution in [1.29, 1.82) is 5.26 Å². The van der Waals surface area contributed by atoms with Crippen molar-refractivity contribution in [1.82, 2.24) is 4.98 Å². The topological polar surface area (TPSA) is 95.2 Å². The summed E-state index contributed by atoms with van der Waals surface area (Å²) in [5.41, 5.74) is 0.195. The highest BCUT2D eigenvalue weighted by Crippen LogP contribution is 2.31. The molecule has 100 valence electrons. The summed E-state index contributed by atoms with van der Waals surface area (Å²) in [6.07, 6.45) is 4.01. The third-order valence-electron chi connectivity index (χ3n) is 3.46. The highest BCUT2D eigenvalue weighted by molar-refractivity contribution is 5.76. The number of aliphatic carboxylic acids is 1. The van der Waals surface area contributed by atoms with Crippen LogP contribution in [0, 0.1) is 16.7 Å². The van der Waals surface area contributed by atoms with Crippen LogP contribution in [0.25, 0.3) is 0 Å². The van der Waals surface area contributed by atoms with Crippen LogP contribution in [0.3, 0.4) is 0 Å². The lowest BCUT2D eigenvalue weighted by Gasteiger charge is -2.33. The number of carbonyl (C=O) groups is 1. The Morgan fingerprint density at radius 3 is 2.95 bits per heavy atom. The van der Waals surface area contributed by atoms with Crippen molar-refractivity contribution in [2.24, 2.45) is 5.41 Å². The summed E-state index contributed by atoms with van der Waals surface area (Å²) in [5.74, 6) is -0.828. The Bertz CT molecular complexity index is 504. The first-order valence-corrected chi connectivity index (χ1v) is 6.07. The maximum absolute atomic E-state index is 11.5. The molecule has 0 aromatic carbocycles. The molecular weight excluding hydrogens is 246 g/mol. The first-order chi connectivity index (χ1) is 9.18. The molecule has 1 aliphatic rings. The van der Waals surface area contributed by atoms with Crippen LogP contribution >= 0.6 is 0 Å². The van der Waals surface area contributed by atoms with E-state index in [0.717, 1.165) is 0 Å². The molecule has 1 saturated heterocycles. The number of pyridine rings is 1. The fourth-order valence-electron chi connectivity index (χ4n) is 2.13. The summed E-state index contributed by atoms with van der Waals surface area (Å²) in [4.78, 5) is 15.4. The van der Waals surface area contributed by atoms with E-state index < -0.39 is 11.4 Å². The molecule has 1 aromatic rings. The molecule has 0 aliphatic carbocycles. The van der Waals surface area contributed by atoms with Crippen LogP contribution in [0.4, 0.5) is 5.69 Å². The molecule has 1 aromatic heterocycles. The highest BCUT2D eigenvalue weighted by Gasteiger charge is 2.40. The first-order valence-electron chi connectivity index (χ1n) is 6.07. The Morgan fingerprint density at radius 2 is 2.32 bits per heavy atom. The number of carboxylic acids is 1. The smallest absolute Gasteiger partial charge is 0.311 e. The predicted octanol–water partition coefficient (Wildman–Crippen LogP) is 1.25. The quantitative estimate of drug-likeness (QED) is 0.846. The van der Waals surface area contributed by atoms with Gasteiger partial charge in [-0.05, 0) is 18.9 Å². The van der Waals surface area contributed by atoms with E-state index in [1.807, 2.05) is 0 Å². The molecule has 0 spiro atoms. The van der Waals surface area contributed by atoms with E-state index in [1.165, 1.54) is 12.4 Å². The standard InChI is InChI=1S/C13H15N3O3/c14-7-10-1-4-15-8-11(10)16-9-13(12(17)18)2-5-19-6-3-13/h1,4,8,16H,2-3,5-6,9H2,(H,17,18). The number of nitriles is 1. The van der Waals surface area contributed by atoms with Crippen molar-refractivity contribution in [2.45, 2.75) is 12.8 Å². The maximum Gasteiger partial charge on any atom is 0.311 e. The number of aromatic nitrogens is 1. The van der Waals surface area contributed by atoms with Gasteiger partial charge in [0.2, 0.25) is 0 Å². The number of carboxylic acid groups (broad SMARTS) is 1. The van der Waals surface area contributed by atoms with Gasteiger partial charge in [-0.1, -0.05) is 0 Å². The fourth-order valence-corrected chi connectivity index (χ4v) is 2.13. The summed E-state index contributed by atoms with van der Waals surface area (Å²) in [5, 5.41) is 21.4. The zero-order valence-electron chi connectivity index (χ0n) is 10.4. The van der Waals surface area contributed by atoms with Crippen LogP contribution in [-0.2, 0) is 9.53 Å². The lowest BCUT2D eigenvalue weighted by molar-refractivity contribution is -0.153. The fraction of sp³-hybridized carbons (Fsp3) is 0.462. The number of hydrogen-bond donors (Lipinski definition) is 2. The van der Waals surface area contributed by atoms with E-state index in [1.54, 1.807) is 6.07 Å². The minimum absolute atomic E-state index is 0.270. The summed E-state index contributed by atoms with van der Waals surface area (Å²) in [7, 11) is 0. The second-order valence-electron chi connectivity index (χ2n) is 4.58.